The molecule has 0 atom stereocenters. The van der Waals surface area contributed by atoms with Crippen LogP contribution in [-0.2, 0) is 0 Å². The third-order valence-electron chi connectivity index (χ3n) is 4.46. The zero-order valence-electron chi connectivity index (χ0n) is 15.1. The van der Waals surface area contributed by atoms with Gasteiger partial charge in [0.05, 0.1) is 7.11 Å². The maximum absolute atomic E-state index is 14.6. The Morgan fingerprint density at radius 2 is 0.935 bits per heavy atom. The largest absolute Gasteiger partial charge is 0.494 e. The van der Waals surface area contributed by atoms with Gasteiger partial charge in [-0.15, -0.1) is 0 Å². The molecule has 0 saturated heterocycles. The molecule has 3 aromatic carbocycles. The number of hydrogen-bond donors (Lipinski definition) is 0. The van der Waals surface area contributed by atoms with Crippen LogP contribution < -0.4 is 21.1 Å². The summed E-state index contributed by atoms with van der Waals surface area (Å²) in [5.74, 6) is -20.9. The highest BCUT2D eigenvalue weighted by Crippen LogP contribution is 2.20. The first kappa shape index (κ1) is 22.5. The average molecular weight is 452 g/mol. The van der Waals surface area contributed by atoms with Crippen molar-refractivity contribution in [3.8, 4) is 5.75 Å². The second-order valence-corrected chi connectivity index (χ2v) is 6.20. The fraction of sp³-hybridized carbons (Fsp3) is 0.0526. The molecule has 0 saturated carbocycles. The molecule has 0 N–H and O–H groups in total. The molecule has 1 nitrogen and oxygen atoms in total. The number of benzene rings is 3. The number of halogens is 10. The van der Waals surface area contributed by atoms with E-state index < -0.39 is 87.0 Å². The maximum Gasteiger partial charge on any atom is 0.260 e. The van der Waals surface area contributed by atoms with E-state index in [0.717, 1.165) is 7.11 Å². The summed E-state index contributed by atoms with van der Waals surface area (Å²) in [7, 11) is 0.895. The molecule has 0 bridgehead atoms. The van der Waals surface area contributed by atoms with Crippen LogP contribution in [0.5, 0.6) is 5.75 Å². The molecule has 3 aromatic rings. The van der Waals surface area contributed by atoms with Crippen molar-refractivity contribution in [2.45, 2.75) is 0 Å². The van der Waals surface area contributed by atoms with E-state index in [2.05, 4.69) is 4.74 Å². The van der Waals surface area contributed by atoms with Crippen LogP contribution in [0.1, 0.15) is 0 Å². The summed E-state index contributed by atoms with van der Waals surface area (Å²) in [6.07, 6.45) is 0. The highest BCUT2D eigenvalue weighted by atomic mass is 19.2. The molecule has 12 heteroatoms. The van der Waals surface area contributed by atoms with E-state index in [1.807, 2.05) is 0 Å². The third-order valence-corrected chi connectivity index (χ3v) is 4.46. The Kier molecular flexibility index (Phi) is 5.92. The molecule has 0 aromatic heterocycles. The predicted molar refractivity (Wildman–Crippen MR) is 90.1 cm³/mol. The average Bonchev–Trinajstić information content (AvgIpc) is 2.70. The van der Waals surface area contributed by atoms with Crippen LogP contribution in [-0.4, -0.2) is 13.8 Å². The van der Waals surface area contributed by atoms with Crippen LogP contribution in [0.4, 0.5) is 43.9 Å². The van der Waals surface area contributed by atoms with Gasteiger partial charge in [-0.05, 0) is 11.5 Å². The molecule has 0 aliphatic rings. The van der Waals surface area contributed by atoms with E-state index >= 15 is 0 Å². The van der Waals surface area contributed by atoms with Gasteiger partial charge in [-0.2, -0.15) is 0 Å². The molecule has 0 spiro atoms. The summed E-state index contributed by atoms with van der Waals surface area (Å²) in [4.78, 5) is 0. The number of hydrogen-bond acceptors (Lipinski definition) is 1. The highest BCUT2D eigenvalue weighted by molar-refractivity contribution is 6.95. The first-order chi connectivity index (χ1) is 14.5. The molecular weight excluding hydrogens is 445 g/mol. The number of methoxy groups -OCH3 is 1. The minimum Gasteiger partial charge on any atom is -0.494 e. The number of rotatable bonds is 4. The van der Waals surface area contributed by atoms with E-state index in [1.165, 1.54) is 0 Å². The second-order valence-electron chi connectivity index (χ2n) is 6.20. The van der Waals surface area contributed by atoms with Gasteiger partial charge in [-0.1, -0.05) is 0 Å². The minimum atomic E-state index is -2.68. The summed E-state index contributed by atoms with van der Waals surface area (Å²) in [6.45, 7) is -2.68. The topological polar surface area (TPSA) is 9.23 Å². The maximum atomic E-state index is 14.6. The smallest absolute Gasteiger partial charge is 0.260 e. The SMILES string of the molecule is COc1cc(B(c2c(F)cc(F)c(F)c2F)c2c(F)cc(F)c(F)c2F)c(F)cc1F. The Labute approximate surface area is 168 Å². The second kappa shape index (κ2) is 8.16. The normalized spacial score (nSPS) is 11.1. The predicted octanol–water partition coefficient (Wildman–Crippen LogP) is 3.60. The van der Waals surface area contributed by atoms with Crippen LogP contribution in [0.25, 0.3) is 0 Å². The molecular formula is C19H7BF10O. The monoisotopic (exact) mass is 452 g/mol. The molecule has 162 valence electrons. The van der Waals surface area contributed by atoms with Crippen molar-refractivity contribution in [2.24, 2.45) is 0 Å². The zero-order valence-corrected chi connectivity index (χ0v) is 15.1. The Bertz CT molecular complexity index is 1130. The Balaban J connectivity index is 2.50. The van der Waals surface area contributed by atoms with Gasteiger partial charge >= 0.3 is 0 Å². The molecule has 0 aliphatic carbocycles. The fourth-order valence-corrected chi connectivity index (χ4v) is 3.07. The van der Waals surface area contributed by atoms with E-state index in [0.29, 0.717) is 6.07 Å². The van der Waals surface area contributed by atoms with Crippen LogP contribution in [0.3, 0.4) is 0 Å². The molecule has 0 fully saturated rings. The van der Waals surface area contributed by atoms with Gasteiger partial charge in [0, 0.05) is 29.1 Å². The molecule has 0 heterocycles. The van der Waals surface area contributed by atoms with Crippen molar-refractivity contribution in [1.29, 1.82) is 0 Å². The van der Waals surface area contributed by atoms with E-state index in [1.54, 1.807) is 0 Å². The van der Waals surface area contributed by atoms with Crippen molar-refractivity contribution in [2.75, 3.05) is 7.11 Å². The van der Waals surface area contributed by atoms with Crippen LogP contribution in [0.2, 0.25) is 0 Å². The molecule has 0 amide bonds. The van der Waals surface area contributed by atoms with Gasteiger partial charge in [0.2, 0.25) is 0 Å². The van der Waals surface area contributed by atoms with Crippen LogP contribution in [0.15, 0.2) is 24.3 Å². The standard InChI is InChI=1S/C19H7BF10O/c1-31-13-2-6(7(21)3-8(13)22)20(14-9(23)4-11(25)16(27)18(14)29)15-10(24)5-12(26)17(28)19(15)30/h2-5H,1H3. The Morgan fingerprint density at radius 1 is 0.516 bits per heavy atom. The summed E-state index contributed by atoms with van der Waals surface area (Å²) in [5.41, 5.74) is -4.39. The lowest BCUT2D eigenvalue weighted by Crippen LogP contribution is -2.58. The summed E-state index contributed by atoms with van der Waals surface area (Å²) in [5, 5.41) is 0. The van der Waals surface area contributed by atoms with Crippen molar-refractivity contribution in [3.05, 3.63) is 82.4 Å². The van der Waals surface area contributed by atoms with Gasteiger partial charge in [0.15, 0.2) is 46.5 Å². The first-order valence-corrected chi connectivity index (χ1v) is 8.18. The minimum absolute atomic E-state index is 0.118. The van der Waals surface area contributed by atoms with Gasteiger partial charge in [-0.3, -0.25) is 0 Å². The van der Waals surface area contributed by atoms with Gasteiger partial charge in [0.1, 0.15) is 17.5 Å². The Morgan fingerprint density at radius 3 is 1.35 bits per heavy atom. The van der Waals surface area contributed by atoms with Gasteiger partial charge < -0.3 is 4.74 Å². The molecule has 31 heavy (non-hydrogen) atoms. The number of ether oxygens (including phenoxy) is 1. The van der Waals surface area contributed by atoms with Crippen LogP contribution >= 0.6 is 0 Å². The van der Waals surface area contributed by atoms with Crippen molar-refractivity contribution in [1.82, 2.24) is 0 Å². The van der Waals surface area contributed by atoms with Crippen molar-refractivity contribution >= 4 is 23.1 Å². The molecule has 0 aliphatic heterocycles. The van der Waals surface area contributed by atoms with Crippen molar-refractivity contribution in [3.63, 3.8) is 0 Å². The highest BCUT2D eigenvalue weighted by Gasteiger charge is 2.39. The quantitative estimate of drug-likeness (QED) is 0.255. The lowest BCUT2D eigenvalue weighted by Gasteiger charge is -2.20. The zero-order chi connectivity index (χ0) is 23.2. The molecule has 0 radical (unpaired) electrons. The first-order valence-electron chi connectivity index (χ1n) is 8.18. The molecule has 0 unspecified atom stereocenters. The van der Waals surface area contributed by atoms with Crippen molar-refractivity contribution < 1.29 is 48.6 Å². The van der Waals surface area contributed by atoms with E-state index in [4.69, 9.17) is 0 Å². The fourth-order valence-electron chi connectivity index (χ4n) is 3.07. The van der Waals surface area contributed by atoms with Gasteiger partial charge in [0.25, 0.3) is 6.71 Å². The lowest BCUT2D eigenvalue weighted by atomic mass is 9.36. The molecule has 3 rings (SSSR count). The third kappa shape index (κ3) is 3.70. The van der Waals surface area contributed by atoms with E-state index in [9.17, 15) is 43.9 Å². The lowest BCUT2D eigenvalue weighted by molar-refractivity contribution is 0.385. The van der Waals surface area contributed by atoms with E-state index in [-0.39, 0.29) is 18.2 Å². The summed E-state index contributed by atoms with van der Waals surface area (Å²) in [6, 6.07) is 0.145. The van der Waals surface area contributed by atoms with Crippen LogP contribution in [0, 0.1) is 58.2 Å². The summed E-state index contributed by atoms with van der Waals surface area (Å²) < 4.78 is 145. The summed E-state index contributed by atoms with van der Waals surface area (Å²) >= 11 is 0. The van der Waals surface area contributed by atoms with Gasteiger partial charge in [-0.25, -0.2) is 43.9 Å². The Hall–Kier alpha value is -3.18.